The van der Waals surface area contributed by atoms with Crippen LogP contribution < -0.4 is 11.1 Å². The first-order valence-electron chi connectivity index (χ1n) is 6.68. The molecule has 112 valence electrons. The van der Waals surface area contributed by atoms with E-state index in [0.717, 1.165) is 22.7 Å². The van der Waals surface area contributed by atoms with E-state index >= 15 is 0 Å². The highest BCUT2D eigenvalue weighted by Gasteiger charge is 2.13. The van der Waals surface area contributed by atoms with E-state index in [1.165, 1.54) is 0 Å². The molecule has 2 rings (SSSR count). The first-order valence-corrected chi connectivity index (χ1v) is 8.07. The van der Waals surface area contributed by atoms with Gasteiger partial charge in [0, 0.05) is 18.2 Å². The molecule has 0 saturated heterocycles. The first kappa shape index (κ1) is 15.6. The predicted octanol–water partition coefficient (Wildman–Crippen LogP) is 2.67. The Morgan fingerprint density at radius 2 is 2.14 bits per heavy atom. The summed E-state index contributed by atoms with van der Waals surface area (Å²) in [5, 5.41) is 2.82. The van der Waals surface area contributed by atoms with E-state index in [1.807, 2.05) is 30.5 Å². The molecule has 0 saturated carbocycles. The third-order valence-corrected chi connectivity index (χ3v) is 3.68. The molecular weight excluding hydrogens is 286 g/mol. The number of aryl methyl sites for hydroxylation is 1. The lowest BCUT2D eigenvalue weighted by Gasteiger charge is -2.11. The number of nitrogens with zero attached hydrogens (tertiary/aromatic N) is 1. The number of anilines is 1. The van der Waals surface area contributed by atoms with Crippen LogP contribution in [0.1, 0.15) is 12.3 Å². The zero-order valence-corrected chi connectivity index (χ0v) is 12.9. The van der Waals surface area contributed by atoms with Gasteiger partial charge in [-0.2, -0.15) is 11.8 Å². The van der Waals surface area contributed by atoms with Crippen molar-refractivity contribution in [2.24, 2.45) is 5.73 Å². The highest BCUT2D eigenvalue weighted by Crippen LogP contribution is 2.20. The van der Waals surface area contributed by atoms with E-state index in [0.29, 0.717) is 12.3 Å². The van der Waals surface area contributed by atoms with Crippen molar-refractivity contribution in [3.63, 3.8) is 0 Å². The second-order valence-electron chi connectivity index (χ2n) is 4.71. The van der Waals surface area contributed by atoms with Crippen LogP contribution in [-0.2, 0) is 4.79 Å². The van der Waals surface area contributed by atoms with Gasteiger partial charge in [-0.05, 0) is 30.6 Å². The second-order valence-corrected chi connectivity index (χ2v) is 5.69. The van der Waals surface area contributed by atoms with Gasteiger partial charge in [-0.15, -0.1) is 0 Å². The summed E-state index contributed by atoms with van der Waals surface area (Å²) in [5.74, 6) is 1.34. The molecule has 0 spiro atoms. The Labute approximate surface area is 128 Å². The number of aromatic nitrogens is 1. The Morgan fingerprint density at radius 1 is 1.43 bits per heavy atom. The van der Waals surface area contributed by atoms with Crippen LogP contribution in [-0.4, -0.2) is 28.9 Å². The molecule has 1 aromatic carbocycles. The van der Waals surface area contributed by atoms with E-state index in [1.54, 1.807) is 24.9 Å². The van der Waals surface area contributed by atoms with Gasteiger partial charge in [0.1, 0.15) is 12.0 Å². The summed E-state index contributed by atoms with van der Waals surface area (Å²) in [5.41, 5.74) is 8.27. The highest BCUT2D eigenvalue weighted by atomic mass is 32.2. The molecule has 2 aromatic rings. The van der Waals surface area contributed by atoms with Gasteiger partial charge in [-0.25, -0.2) is 4.98 Å². The number of carbonyl (C=O) groups is 1. The normalized spacial score (nSPS) is 12.1. The summed E-state index contributed by atoms with van der Waals surface area (Å²) in [6.45, 7) is 1.80. The quantitative estimate of drug-likeness (QED) is 0.857. The molecule has 6 heteroatoms. The molecule has 21 heavy (non-hydrogen) atoms. The van der Waals surface area contributed by atoms with E-state index in [9.17, 15) is 4.79 Å². The monoisotopic (exact) mass is 305 g/mol. The number of hydrogen-bond acceptors (Lipinski definition) is 5. The zero-order valence-electron chi connectivity index (χ0n) is 12.1. The van der Waals surface area contributed by atoms with Gasteiger partial charge >= 0.3 is 0 Å². The zero-order chi connectivity index (χ0) is 15.2. The van der Waals surface area contributed by atoms with E-state index in [-0.39, 0.29) is 5.91 Å². The Balaban J connectivity index is 1.97. The summed E-state index contributed by atoms with van der Waals surface area (Å²) in [7, 11) is 0. The molecule has 0 aliphatic carbocycles. The van der Waals surface area contributed by atoms with Crippen molar-refractivity contribution in [3.8, 4) is 11.3 Å². The van der Waals surface area contributed by atoms with Crippen LogP contribution in [0.25, 0.3) is 11.3 Å². The number of nitrogens with two attached hydrogens (primary N) is 1. The van der Waals surface area contributed by atoms with Crippen molar-refractivity contribution in [1.29, 1.82) is 0 Å². The van der Waals surface area contributed by atoms with Crippen LogP contribution in [0, 0.1) is 6.92 Å². The molecule has 1 atom stereocenters. The number of carbonyl (C=O) groups excluding carboxylic acids is 1. The summed E-state index contributed by atoms with van der Waals surface area (Å²) >= 11 is 1.68. The lowest BCUT2D eigenvalue weighted by molar-refractivity contribution is -0.117. The molecule has 0 bridgehead atoms. The van der Waals surface area contributed by atoms with Crippen molar-refractivity contribution in [2.75, 3.05) is 17.3 Å². The van der Waals surface area contributed by atoms with Crippen molar-refractivity contribution in [1.82, 2.24) is 4.98 Å². The standard InChI is InChI=1S/C15H19N3O2S/c1-10-17-14(9-20-10)11-3-5-12(6-4-11)18-15(19)13(16)7-8-21-2/h3-6,9,13H,7-8,16H2,1-2H3,(H,18,19)/t13-/m0/s1. The van der Waals surface area contributed by atoms with Crippen molar-refractivity contribution in [2.45, 2.75) is 19.4 Å². The maximum absolute atomic E-state index is 11.9. The highest BCUT2D eigenvalue weighted by molar-refractivity contribution is 7.98. The fourth-order valence-corrected chi connectivity index (χ4v) is 2.32. The van der Waals surface area contributed by atoms with Gasteiger partial charge in [0.25, 0.3) is 0 Å². The average molecular weight is 305 g/mol. The number of nitrogens with one attached hydrogen (secondary N) is 1. The minimum Gasteiger partial charge on any atom is -0.449 e. The predicted molar refractivity (Wildman–Crippen MR) is 86.3 cm³/mol. The molecule has 1 aromatic heterocycles. The Hall–Kier alpha value is -1.79. The fourth-order valence-electron chi connectivity index (χ4n) is 1.83. The minimum absolute atomic E-state index is 0.158. The number of oxazole rings is 1. The number of hydrogen-bond donors (Lipinski definition) is 2. The van der Waals surface area contributed by atoms with Crippen LogP contribution in [0.15, 0.2) is 34.9 Å². The lowest BCUT2D eigenvalue weighted by Crippen LogP contribution is -2.36. The van der Waals surface area contributed by atoms with Crippen LogP contribution in [0.3, 0.4) is 0 Å². The van der Waals surface area contributed by atoms with Gasteiger partial charge in [0.05, 0.1) is 6.04 Å². The largest absolute Gasteiger partial charge is 0.449 e. The molecular formula is C15H19N3O2S. The van der Waals surface area contributed by atoms with Gasteiger partial charge in [0.15, 0.2) is 5.89 Å². The molecule has 0 fully saturated rings. The Morgan fingerprint density at radius 3 is 2.71 bits per heavy atom. The topological polar surface area (TPSA) is 81.2 Å². The number of thioether (sulfide) groups is 1. The first-order chi connectivity index (χ1) is 10.1. The third kappa shape index (κ3) is 4.34. The molecule has 3 N–H and O–H groups in total. The van der Waals surface area contributed by atoms with Crippen LogP contribution in [0.4, 0.5) is 5.69 Å². The third-order valence-electron chi connectivity index (χ3n) is 3.04. The molecule has 0 unspecified atom stereocenters. The number of rotatable bonds is 6. The van der Waals surface area contributed by atoms with Gasteiger partial charge in [-0.1, -0.05) is 12.1 Å². The average Bonchev–Trinajstić information content (AvgIpc) is 2.92. The van der Waals surface area contributed by atoms with E-state index < -0.39 is 6.04 Å². The number of benzene rings is 1. The maximum atomic E-state index is 11.9. The summed E-state index contributed by atoms with van der Waals surface area (Å²) < 4.78 is 5.18. The second kappa shape index (κ2) is 7.28. The molecule has 0 aliphatic heterocycles. The van der Waals surface area contributed by atoms with Gasteiger partial charge in [0.2, 0.25) is 5.91 Å². The van der Waals surface area contributed by atoms with Crippen LogP contribution >= 0.6 is 11.8 Å². The van der Waals surface area contributed by atoms with E-state index in [4.69, 9.17) is 10.2 Å². The molecule has 1 heterocycles. The minimum atomic E-state index is -0.477. The van der Waals surface area contributed by atoms with Crippen molar-refractivity contribution in [3.05, 3.63) is 36.4 Å². The summed E-state index contributed by atoms with van der Waals surface area (Å²) in [6.07, 6.45) is 4.28. The van der Waals surface area contributed by atoms with Crippen LogP contribution in [0.5, 0.6) is 0 Å². The SMILES string of the molecule is CSCC[C@H](N)C(=O)Nc1ccc(-c2coc(C)n2)cc1. The Kier molecular flexibility index (Phi) is 5.41. The van der Waals surface area contributed by atoms with Gasteiger partial charge in [-0.3, -0.25) is 4.79 Å². The van der Waals surface area contributed by atoms with E-state index in [2.05, 4.69) is 10.3 Å². The van der Waals surface area contributed by atoms with Crippen molar-refractivity contribution >= 4 is 23.4 Å². The molecule has 0 aliphatic rings. The van der Waals surface area contributed by atoms with Gasteiger partial charge < -0.3 is 15.5 Å². The smallest absolute Gasteiger partial charge is 0.241 e. The number of amides is 1. The van der Waals surface area contributed by atoms with Crippen molar-refractivity contribution < 1.29 is 9.21 Å². The maximum Gasteiger partial charge on any atom is 0.241 e. The summed E-state index contributed by atoms with van der Waals surface area (Å²) in [4.78, 5) is 16.2. The molecule has 5 nitrogen and oxygen atoms in total. The van der Waals surface area contributed by atoms with Crippen LogP contribution in [0.2, 0.25) is 0 Å². The Bertz CT molecular complexity index is 595. The summed E-state index contributed by atoms with van der Waals surface area (Å²) in [6, 6.07) is 6.97. The fraction of sp³-hybridized carbons (Fsp3) is 0.333. The molecule has 0 radical (unpaired) electrons. The molecule has 1 amide bonds. The lowest BCUT2D eigenvalue weighted by atomic mass is 10.1.